The zero-order valence-electron chi connectivity index (χ0n) is 17.2. The molecule has 0 bridgehead atoms. The van der Waals surface area contributed by atoms with Crippen LogP contribution in [0, 0.1) is 5.92 Å². The molecule has 0 aliphatic carbocycles. The van der Waals surface area contributed by atoms with Gasteiger partial charge in [-0.05, 0) is 37.3 Å². The minimum atomic E-state index is -1.07. The van der Waals surface area contributed by atoms with Gasteiger partial charge in [0, 0.05) is 13.2 Å². The Morgan fingerprint density at radius 2 is 1.96 bits per heavy atom. The van der Waals surface area contributed by atoms with E-state index in [1.54, 1.807) is 26.1 Å². The van der Waals surface area contributed by atoms with Crippen molar-refractivity contribution in [2.24, 2.45) is 10.9 Å². The number of carbonyl (C=O) groups is 3. The van der Waals surface area contributed by atoms with Crippen molar-refractivity contribution in [1.82, 2.24) is 15.2 Å². The SMILES string of the molecule is CCc1cnc(C2=NC(C)(C(C)C)C(=O)N2)c(C(=O)N(C)C(CC)C(=O)O)c1. The van der Waals surface area contributed by atoms with E-state index in [-0.39, 0.29) is 35.3 Å². The Bertz CT molecular complexity index is 833. The lowest BCUT2D eigenvalue weighted by atomic mass is 9.89. The van der Waals surface area contributed by atoms with Gasteiger partial charge in [0.25, 0.3) is 11.8 Å². The van der Waals surface area contributed by atoms with Gasteiger partial charge in [-0.15, -0.1) is 0 Å². The number of aliphatic carboxylic acids is 1. The summed E-state index contributed by atoms with van der Waals surface area (Å²) in [5, 5.41) is 12.1. The van der Waals surface area contributed by atoms with Gasteiger partial charge in [-0.2, -0.15) is 0 Å². The van der Waals surface area contributed by atoms with Crippen LogP contribution in [0.3, 0.4) is 0 Å². The van der Waals surface area contributed by atoms with E-state index in [1.165, 1.54) is 11.9 Å². The first-order valence-electron chi connectivity index (χ1n) is 9.47. The van der Waals surface area contributed by atoms with Gasteiger partial charge in [0.15, 0.2) is 5.84 Å². The van der Waals surface area contributed by atoms with Gasteiger partial charge in [0.1, 0.15) is 17.3 Å². The van der Waals surface area contributed by atoms with Gasteiger partial charge in [0.2, 0.25) is 0 Å². The van der Waals surface area contributed by atoms with E-state index in [1.807, 2.05) is 20.8 Å². The van der Waals surface area contributed by atoms with Crippen molar-refractivity contribution in [3.8, 4) is 0 Å². The molecule has 1 aromatic heterocycles. The van der Waals surface area contributed by atoms with Crippen LogP contribution >= 0.6 is 0 Å². The Labute approximate surface area is 165 Å². The van der Waals surface area contributed by atoms with Crippen LogP contribution in [0.4, 0.5) is 0 Å². The number of carboxylic acids is 1. The zero-order chi connectivity index (χ0) is 21.2. The normalized spacial score (nSPS) is 20.0. The van der Waals surface area contributed by atoms with Crippen LogP contribution in [-0.2, 0) is 16.0 Å². The molecule has 2 N–H and O–H groups in total. The van der Waals surface area contributed by atoms with Crippen LogP contribution in [-0.4, -0.2) is 57.2 Å². The summed E-state index contributed by atoms with van der Waals surface area (Å²) in [5.41, 5.74) is 0.376. The van der Waals surface area contributed by atoms with Crippen molar-refractivity contribution in [1.29, 1.82) is 0 Å². The number of nitrogens with one attached hydrogen (secondary N) is 1. The number of aliphatic imine (C=N–C) groups is 1. The molecule has 1 aliphatic heterocycles. The average molecular weight is 388 g/mol. The number of amides is 2. The maximum absolute atomic E-state index is 13.1. The van der Waals surface area contributed by atoms with Crippen molar-refractivity contribution in [3.05, 3.63) is 29.1 Å². The lowest BCUT2D eigenvalue weighted by molar-refractivity contribution is -0.142. The lowest BCUT2D eigenvalue weighted by Crippen LogP contribution is -2.43. The first-order valence-corrected chi connectivity index (χ1v) is 9.47. The summed E-state index contributed by atoms with van der Waals surface area (Å²) in [4.78, 5) is 47.2. The maximum atomic E-state index is 13.1. The molecule has 2 rings (SSSR count). The summed E-state index contributed by atoms with van der Waals surface area (Å²) in [7, 11) is 1.46. The fraction of sp³-hybridized carbons (Fsp3) is 0.550. The first kappa shape index (κ1) is 21.5. The van der Waals surface area contributed by atoms with E-state index in [2.05, 4.69) is 15.3 Å². The Balaban J connectivity index is 2.55. The largest absolute Gasteiger partial charge is 0.480 e. The average Bonchev–Trinajstić information content (AvgIpc) is 2.96. The van der Waals surface area contributed by atoms with Crippen LogP contribution in [0.15, 0.2) is 17.3 Å². The predicted molar refractivity (Wildman–Crippen MR) is 105 cm³/mol. The quantitative estimate of drug-likeness (QED) is 0.740. The molecule has 2 amide bonds. The van der Waals surface area contributed by atoms with Crippen LogP contribution in [0.2, 0.25) is 0 Å². The number of nitrogens with zero attached hydrogens (tertiary/aromatic N) is 3. The molecule has 0 aromatic carbocycles. The molecule has 152 valence electrons. The molecule has 0 fully saturated rings. The smallest absolute Gasteiger partial charge is 0.326 e. The molecule has 8 nitrogen and oxygen atoms in total. The number of likely N-dealkylation sites (N-methyl/N-ethyl adjacent to an activating group) is 1. The number of aryl methyl sites for hydroxylation is 1. The number of hydrogen-bond donors (Lipinski definition) is 2. The van der Waals surface area contributed by atoms with Crippen LogP contribution in [0.1, 0.15) is 62.7 Å². The van der Waals surface area contributed by atoms with Crippen molar-refractivity contribution in [2.45, 2.75) is 59.0 Å². The molecule has 8 heteroatoms. The highest BCUT2D eigenvalue weighted by Crippen LogP contribution is 2.27. The highest BCUT2D eigenvalue weighted by Gasteiger charge is 2.43. The predicted octanol–water partition coefficient (Wildman–Crippen LogP) is 1.87. The lowest BCUT2D eigenvalue weighted by Gasteiger charge is -2.24. The fourth-order valence-electron chi connectivity index (χ4n) is 3.05. The summed E-state index contributed by atoms with van der Waals surface area (Å²) in [6.07, 6.45) is 2.58. The molecule has 2 heterocycles. The minimum absolute atomic E-state index is 0.0433. The van der Waals surface area contributed by atoms with Crippen molar-refractivity contribution >= 4 is 23.6 Å². The highest BCUT2D eigenvalue weighted by atomic mass is 16.4. The zero-order valence-corrected chi connectivity index (χ0v) is 17.2. The Hall–Kier alpha value is -2.77. The molecule has 1 aromatic rings. The van der Waals surface area contributed by atoms with Crippen molar-refractivity contribution < 1.29 is 19.5 Å². The van der Waals surface area contributed by atoms with Crippen molar-refractivity contribution in [3.63, 3.8) is 0 Å². The molecule has 28 heavy (non-hydrogen) atoms. The summed E-state index contributed by atoms with van der Waals surface area (Å²) < 4.78 is 0. The topological polar surface area (TPSA) is 112 Å². The standard InChI is InChI=1S/C20H28N4O4/c1-7-12-9-13(17(25)24(6)14(8-2)18(26)27)15(21-10-12)16-22-19(28)20(5,23-16)11(3)4/h9-11,14H,7-8H2,1-6H3,(H,26,27)(H,22,23,28). The number of rotatable bonds is 7. The first-order chi connectivity index (χ1) is 13.1. The number of amidine groups is 1. The molecular weight excluding hydrogens is 360 g/mol. The molecule has 2 unspecified atom stereocenters. The molecule has 2 atom stereocenters. The number of pyridine rings is 1. The van der Waals surface area contributed by atoms with Crippen LogP contribution in [0.25, 0.3) is 0 Å². The minimum Gasteiger partial charge on any atom is -0.480 e. The van der Waals surface area contributed by atoms with E-state index >= 15 is 0 Å². The number of hydrogen-bond acceptors (Lipinski definition) is 5. The second kappa shape index (κ2) is 8.08. The van der Waals surface area contributed by atoms with Crippen LogP contribution in [0.5, 0.6) is 0 Å². The second-order valence-corrected chi connectivity index (χ2v) is 7.49. The van der Waals surface area contributed by atoms with Gasteiger partial charge in [0.05, 0.1) is 5.56 Å². The number of carboxylic acid groups (broad SMARTS) is 1. The molecule has 0 spiro atoms. The molecule has 0 radical (unpaired) electrons. The third-order valence-corrected chi connectivity index (χ3v) is 5.43. The fourth-order valence-corrected chi connectivity index (χ4v) is 3.05. The van der Waals surface area contributed by atoms with Gasteiger partial charge < -0.3 is 15.3 Å². The third kappa shape index (κ3) is 3.76. The van der Waals surface area contributed by atoms with Crippen molar-refractivity contribution in [2.75, 3.05) is 7.05 Å². The molecular formula is C20H28N4O4. The number of carbonyl (C=O) groups excluding carboxylic acids is 2. The summed E-state index contributed by atoms with van der Waals surface area (Å²) in [6, 6.07) is 0.738. The van der Waals surface area contributed by atoms with E-state index in [9.17, 15) is 19.5 Å². The van der Waals surface area contributed by atoms with E-state index in [0.717, 1.165) is 5.56 Å². The van der Waals surface area contributed by atoms with E-state index in [0.29, 0.717) is 6.42 Å². The number of aromatic nitrogens is 1. The van der Waals surface area contributed by atoms with Crippen LogP contribution < -0.4 is 5.32 Å². The Morgan fingerprint density at radius 1 is 1.32 bits per heavy atom. The Morgan fingerprint density at radius 3 is 2.43 bits per heavy atom. The highest BCUT2D eigenvalue weighted by molar-refractivity contribution is 6.18. The van der Waals surface area contributed by atoms with Gasteiger partial charge in [-0.25, -0.2) is 9.79 Å². The summed E-state index contributed by atoms with van der Waals surface area (Å²) >= 11 is 0. The third-order valence-electron chi connectivity index (χ3n) is 5.43. The van der Waals surface area contributed by atoms with Gasteiger partial charge in [-0.1, -0.05) is 27.7 Å². The molecule has 0 saturated carbocycles. The van der Waals surface area contributed by atoms with E-state index in [4.69, 9.17) is 0 Å². The van der Waals surface area contributed by atoms with E-state index < -0.39 is 23.5 Å². The second-order valence-electron chi connectivity index (χ2n) is 7.49. The maximum Gasteiger partial charge on any atom is 0.326 e. The van der Waals surface area contributed by atoms with Gasteiger partial charge >= 0.3 is 5.97 Å². The summed E-state index contributed by atoms with van der Waals surface area (Å²) in [6.45, 7) is 9.19. The molecule has 1 aliphatic rings. The summed E-state index contributed by atoms with van der Waals surface area (Å²) in [5.74, 6) is -1.59. The Kier molecular flexibility index (Phi) is 6.21. The molecule has 0 saturated heterocycles. The van der Waals surface area contributed by atoms with Gasteiger partial charge in [-0.3, -0.25) is 14.6 Å². The monoisotopic (exact) mass is 388 g/mol.